The SMILES string of the molecule is COc1cc(OC)cc(C(NC(=O)Cc2coc3cc4c(cc23)CCC4)c2nccn2C)c1. The average molecular weight is 446 g/mol. The Morgan fingerprint density at radius 3 is 2.52 bits per heavy atom. The third-order valence-corrected chi connectivity index (χ3v) is 6.35. The van der Waals surface area contributed by atoms with Gasteiger partial charge in [0.15, 0.2) is 0 Å². The van der Waals surface area contributed by atoms with Crippen LogP contribution in [0.3, 0.4) is 0 Å². The lowest BCUT2D eigenvalue weighted by Gasteiger charge is -2.20. The molecular formula is C26H27N3O4. The lowest BCUT2D eigenvalue weighted by molar-refractivity contribution is -0.121. The second-order valence-corrected chi connectivity index (χ2v) is 8.45. The monoisotopic (exact) mass is 445 g/mol. The van der Waals surface area contributed by atoms with E-state index in [2.05, 4.69) is 22.4 Å². The standard InChI is InChI=1S/C26H27N3O4/c1-29-8-7-27-26(29)25(18-9-20(31-2)14-21(10-18)32-3)28-24(30)13-19-15-33-23-12-17-6-4-5-16(17)11-22(19)23/h7-12,14-15,25H,4-6,13H2,1-3H3,(H,28,30). The van der Waals surface area contributed by atoms with Gasteiger partial charge in [0.2, 0.25) is 5.91 Å². The number of aryl methyl sites for hydroxylation is 3. The van der Waals surface area contributed by atoms with E-state index >= 15 is 0 Å². The van der Waals surface area contributed by atoms with Crippen molar-refractivity contribution in [1.82, 2.24) is 14.9 Å². The maximum Gasteiger partial charge on any atom is 0.225 e. The summed E-state index contributed by atoms with van der Waals surface area (Å²) in [6, 6.07) is 9.42. The van der Waals surface area contributed by atoms with Crippen molar-refractivity contribution in [1.29, 1.82) is 0 Å². The topological polar surface area (TPSA) is 78.5 Å². The van der Waals surface area contributed by atoms with Crippen molar-refractivity contribution in [3.8, 4) is 11.5 Å². The third-order valence-electron chi connectivity index (χ3n) is 6.35. The van der Waals surface area contributed by atoms with Gasteiger partial charge in [-0.3, -0.25) is 4.79 Å². The summed E-state index contributed by atoms with van der Waals surface area (Å²) in [5.74, 6) is 1.89. The highest BCUT2D eigenvalue weighted by atomic mass is 16.5. The van der Waals surface area contributed by atoms with Gasteiger partial charge in [-0.2, -0.15) is 0 Å². The molecule has 0 aliphatic heterocycles. The fourth-order valence-corrected chi connectivity index (χ4v) is 4.62. The van der Waals surface area contributed by atoms with Crippen molar-refractivity contribution in [2.45, 2.75) is 31.7 Å². The van der Waals surface area contributed by atoms with Gasteiger partial charge in [-0.15, -0.1) is 0 Å². The normalized spacial score (nSPS) is 13.7. The van der Waals surface area contributed by atoms with Crippen LogP contribution in [0.2, 0.25) is 0 Å². The van der Waals surface area contributed by atoms with Crippen LogP contribution in [0.5, 0.6) is 11.5 Å². The number of hydrogen-bond acceptors (Lipinski definition) is 5. The zero-order chi connectivity index (χ0) is 22.9. The third kappa shape index (κ3) is 4.06. The van der Waals surface area contributed by atoms with Crippen molar-refractivity contribution in [3.63, 3.8) is 0 Å². The minimum Gasteiger partial charge on any atom is -0.497 e. The van der Waals surface area contributed by atoms with Gasteiger partial charge in [0.25, 0.3) is 0 Å². The van der Waals surface area contributed by atoms with Gasteiger partial charge >= 0.3 is 0 Å². The molecule has 33 heavy (non-hydrogen) atoms. The molecule has 2 aromatic carbocycles. The van der Waals surface area contributed by atoms with Gasteiger partial charge in [0, 0.05) is 36.5 Å². The van der Waals surface area contributed by atoms with Crippen LogP contribution in [0.25, 0.3) is 11.0 Å². The number of nitrogens with one attached hydrogen (secondary N) is 1. The Balaban J connectivity index is 1.45. The van der Waals surface area contributed by atoms with Crippen LogP contribution < -0.4 is 14.8 Å². The Hall–Kier alpha value is -3.74. The quantitative estimate of drug-likeness (QED) is 0.463. The number of benzene rings is 2. The van der Waals surface area contributed by atoms with E-state index in [1.807, 2.05) is 29.9 Å². The number of rotatable bonds is 7. The minimum atomic E-state index is -0.469. The number of carbonyl (C=O) groups is 1. The van der Waals surface area contributed by atoms with Crippen molar-refractivity contribution in [3.05, 3.63) is 77.1 Å². The summed E-state index contributed by atoms with van der Waals surface area (Å²) in [4.78, 5) is 17.7. The highest BCUT2D eigenvalue weighted by molar-refractivity contribution is 5.89. The van der Waals surface area contributed by atoms with E-state index in [-0.39, 0.29) is 12.3 Å². The summed E-state index contributed by atoms with van der Waals surface area (Å²) >= 11 is 0. The number of fused-ring (bicyclic) bond motifs is 2. The fourth-order valence-electron chi connectivity index (χ4n) is 4.62. The van der Waals surface area contributed by atoms with Crippen LogP contribution in [0.1, 0.15) is 40.5 Å². The number of furan rings is 1. The molecule has 1 amide bonds. The van der Waals surface area contributed by atoms with Gasteiger partial charge < -0.3 is 23.8 Å². The molecule has 0 spiro atoms. The second kappa shape index (κ2) is 8.65. The molecule has 2 aromatic heterocycles. The van der Waals surface area contributed by atoms with Crippen molar-refractivity contribution >= 4 is 16.9 Å². The molecule has 1 aliphatic rings. The fraction of sp³-hybridized carbons (Fsp3) is 0.308. The number of ether oxygens (including phenoxy) is 2. The Bertz CT molecular complexity index is 1300. The number of imidazole rings is 1. The number of amides is 1. The van der Waals surface area contributed by atoms with Gasteiger partial charge in [-0.05, 0) is 60.2 Å². The number of hydrogen-bond donors (Lipinski definition) is 1. The smallest absolute Gasteiger partial charge is 0.225 e. The van der Waals surface area contributed by atoms with Crippen LogP contribution in [0, 0.1) is 0 Å². The summed E-state index contributed by atoms with van der Waals surface area (Å²) in [6.45, 7) is 0. The summed E-state index contributed by atoms with van der Waals surface area (Å²) in [5, 5.41) is 4.18. The first-order valence-electron chi connectivity index (χ1n) is 11.1. The van der Waals surface area contributed by atoms with Gasteiger partial charge in [0.05, 0.1) is 26.9 Å². The molecule has 1 N–H and O–H groups in total. The van der Waals surface area contributed by atoms with Gasteiger partial charge in [-0.1, -0.05) is 0 Å². The second-order valence-electron chi connectivity index (χ2n) is 8.45. The highest BCUT2D eigenvalue weighted by Gasteiger charge is 2.24. The summed E-state index contributed by atoms with van der Waals surface area (Å²) in [7, 11) is 5.12. The Morgan fingerprint density at radius 2 is 1.85 bits per heavy atom. The van der Waals surface area contributed by atoms with E-state index in [0.29, 0.717) is 17.3 Å². The molecule has 170 valence electrons. The predicted molar refractivity (Wildman–Crippen MR) is 125 cm³/mol. The first kappa shape index (κ1) is 21.1. The van der Waals surface area contributed by atoms with E-state index in [0.717, 1.165) is 34.9 Å². The Morgan fingerprint density at radius 1 is 1.12 bits per heavy atom. The first-order chi connectivity index (χ1) is 16.1. The Kier molecular flexibility index (Phi) is 5.54. The molecule has 1 atom stereocenters. The summed E-state index contributed by atoms with van der Waals surface area (Å²) in [6.07, 6.45) is 8.84. The largest absolute Gasteiger partial charge is 0.497 e. The van der Waals surface area contributed by atoms with Crippen LogP contribution in [0.15, 0.2) is 53.4 Å². The number of nitrogens with zero attached hydrogens (tertiary/aromatic N) is 2. The van der Waals surface area contributed by atoms with Crippen LogP contribution in [-0.4, -0.2) is 29.7 Å². The zero-order valence-electron chi connectivity index (χ0n) is 19.1. The van der Waals surface area contributed by atoms with E-state index in [4.69, 9.17) is 13.9 Å². The van der Waals surface area contributed by atoms with Gasteiger partial charge in [0.1, 0.15) is 28.9 Å². The van der Waals surface area contributed by atoms with Crippen LogP contribution in [0.4, 0.5) is 0 Å². The lowest BCUT2D eigenvalue weighted by atomic mass is 10.0. The molecule has 0 bridgehead atoms. The van der Waals surface area contributed by atoms with Crippen molar-refractivity contribution in [2.75, 3.05) is 14.2 Å². The lowest BCUT2D eigenvalue weighted by Crippen LogP contribution is -2.32. The zero-order valence-corrected chi connectivity index (χ0v) is 19.1. The van der Waals surface area contributed by atoms with E-state index < -0.39 is 6.04 Å². The molecule has 0 saturated heterocycles. The number of methoxy groups -OCH3 is 2. The van der Waals surface area contributed by atoms with Crippen molar-refractivity contribution < 1.29 is 18.7 Å². The summed E-state index contributed by atoms with van der Waals surface area (Å²) < 4.78 is 18.6. The molecule has 5 rings (SSSR count). The Labute approximate surface area is 192 Å². The molecule has 1 unspecified atom stereocenters. The van der Waals surface area contributed by atoms with E-state index in [1.165, 1.54) is 17.5 Å². The number of aromatic nitrogens is 2. The summed E-state index contributed by atoms with van der Waals surface area (Å²) in [5.41, 5.74) is 5.27. The molecular weight excluding hydrogens is 418 g/mol. The minimum absolute atomic E-state index is 0.118. The average Bonchev–Trinajstić information content (AvgIpc) is 3.56. The molecule has 1 aliphatic carbocycles. The molecule has 7 heteroatoms. The molecule has 0 radical (unpaired) electrons. The molecule has 0 fully saturated rings. The van der Waals surface area contributed by atoms with Crippen LogP contribution >= 0.6 is 0 Å². The van der Waals surface area contributed by atoms with Crippen LogP contribution in [-0.2, 0) is 31.1 Å². The van der Waals surface area contributed by atoms with Gasteiger partial charge in [-0.25, -0.2) is 4.98 Å². The van der Waals surface area contributed by atoms with Crippen molar-refractivity contribution in [2.24, 2.45) is 7.05 Å². The first-order valence-corrected chi connectivity index (χ1v) is 11.1. The maximum atomic E-state index is 13.2. The molecule has 7 nitrogen and oxygen atoms in total. The molecule has 4 aromatic rings. The predicted octanol–water partition coefficient (Wildman–Crippen LogP) is 4.12. The van der Waals surface area contributed by atoms with E-state index in [9.17, 15) is 4.79 Å². The highest BCUT2D eigenvalue weighted by Crippen LogP contribution is 2.32. The number of carbonyl (C=O) groups excluding carboxylic acids is 1. The maximum absolute atomic E-state index is 13.2. The molecule has 0 saturated carbocycles. The molecule has 2 heterocycles. The van der Waals surface area contributed by atoms with E-state index in [1.54, 1.807) is 32.7 Å².